The van der Waals surface area contributed by atoms with E-state index >= 15 is 0 Å². The highest BCUT2D eigenvalue weighted by molar-refractivity contribution is 6.41. The third kappa shape index (κ3) is 2.01. The average Bonchev–Trinajstić information content (AvgIpc) is 2.57. The van der Waals surface area contributed by atoms with Crippen LogP contribution >= 0.6 is 11.6 Å². The Morgan fingerprint density at radius 3 is 2.50 bits per heavy atom. The molecule has 1 unspecified atom stereocenters. The van der Waals surface area contributed by atoms with Gasteiger partial charge in [-0.2, -0.15) is 0 Å². The lowest BCUT2D eigenvalue weighted by molar-refractivity contribution is -0.135. The molecule has 68 valence electrons. The minimum absolute atomic E-state index is 0.202. The Bertz CT molecular complexity index is 231. The Hall–Kier alpha value is -0.500. The Morgan fingerprint density at radius 1 is 1.67 bits per heavy atom. The van der Waals surface area contributed by atoms with E-state index in [1.807, 2.05) is 0 Å². The number of ether oxygens (including phenoxy) is 1. The van der Waals surface area contributed by atoms with Crippen LogP contribution in [0, 0.1) is 11.3 Å². The van der Waals surface area contributed by atoms with Crippen LogP contribution in [0.25, 0.3) is 0 Å². The first kappa shape index (κ1) is 9.59. The molecule has 0 aromatic heterocycles. The van der Waals surface area contributed by atoms with Crippen LogP contribution in [0.5, 0.6) is 0 Å². The predicted octanol–water partition coefficient (Wildman–Crippen LogP) is 2.33. The van der Waals surface area contributed by atoms with Crippen LogP contribution in [-0.2, 0) is 9.53 Å². The highest BCUT2D eigenvalue weighted by atomic mass is 35.5. The molecule has 1 fully saturated rings. The fourth-order valence-electron chi connectivity index (χ4n) is 1.13. The summed E-state index contributed by atoms with van der Waals surface area (Å²) < 4.78 is 4.47. The molecule has 0 bridgehead atoms. The second-order valence-electron chi connectivity index (χ2n) is 3.81. The minimum atomic E-state index is -0.445. The number of hydrogen-bond acceptors (Lipinski definition) is 2. The number of hydrogen-bond donors (Lipinski definition) is 0. The maximum absolute atomic E-state index is 10.9. The first-order valence-electron chi connectivity index (χ1n) is 3.93. The van der Waals surface area contributed by atoms with E-state index in [0.29, 0.717) is 11.3 Å². The van der Waals surface area contributed by atoms with E-state index in [9.17, 15) is 4.79 Å². The van der Waals surface area contributed by atoms with Gasteiger partial charge >= 0.3 is 5.97 Å². The molecular weight excluding hydrogens is 176 g/mol. The summed E-state index contributed by atoms with van der Waals surface area (Å²) in [5.41, 5.74) is 0.314. The van der Waals surface area contributed by atoms with Crippen molar-refractivity contribution >= 4 is 17.6 Å². The van der Waals surface area contributed by atoms with E-state index in [2.05, 4.69) is 18.6 Å². The third-order valence-electron chi connectivity index (χ3n) is 2.32. The summed E-state index contributed by atoms with van der Waals surface area (Å²) in [6, 6.07) is 0. The molecule has 1 rings (SSSR count). The zero-order valence-electron chi connectivity index (χ0n) is 7.56. The zero-order chi connectivity index (χ0) is 9.35. The number of halogens is 1. The first-order valence-corrected chi connectivity index (χ1v) is 4.31. The van der Waals surface area contributed by atoms with E-state index in [-0.39, 0.29) is 5.03 Å². The number of methoxy groups -OCH3 is 1. The Kier molecular flexibility index (Phi) is 2.47. The highest BCUT2D eigenvalue weighted by Gasteiger charge is 2.44. The lowest BCUT2D eigenvalue weighted by Gasteiger charge is -1.98. The van der Waals surface area contributed by atoms with Gasteiger partial charge in [-0.1, -0.05) is 31.5 Å². The van der Waals surface area contributed by atoms with E-state index in [4.69, 9.17) is 11.6 Å². The SMILES string of the molecule is COC(=O)/C(Cl)=C/C1CC1(C)C. The second-order valence-corrected chi connectivity index (χ2v) is 4.21. The molecule has 0 radical (unpaired) electrons. The highest BCUT2D eigenvalue weighted by Crippen LogP contribution is 2.53. The molecule has 1 aliphatic carbocycles. The Balaban J connectivity index is 2.54. The third-order valence-corrected chi connectivity index (χ3v) is 2.60. The molecule has 1 atom stereocenters. The van der Waals surface area contributed by atoms with Gasteiger partial charge in [-0.15, -0.1) is 0 Å². The van der Waals surface area contributed by atoms with Gasteiger partial charge in [0.2, 0.25) is 0 Å². The molecule has 0 amide bonds. The lowest BCUT2D eigenvalue weighted by atomic mass is 10.1. The molecule has 0 aromatic rings. The van der Waals surface area contributed by atoms with E-state index in [1.54, 1.807) is 6.08 Å². The predicted molar refractivity (Wildman–Crippen MR) is 47.8 cm³/mol. The molecule has 0 heterocycles. The molecule has 0 spiro atoms. The van der Waals surface area contributed by atoms with Crippen molar-refractivity contribution in [1.82, 2.24) is 0 Å². The van der Waals surface area contributed by atoms with Crippen LogP contribution in [0.2, 0.25) is 0 Å². The summed E-state index contributed by atoms with van der Waals surface area (Å²) in [4.78, 5) is 10.9. The van der Waals surface area contributed by atoms with Crippen LogP contribution in [0.1, 0.15) is 20.3 Å². The van der Waals surface area contributed by atoms with Crippen molar-refractivity contribution in [2.75, 3.05) is 7.11 Å². The zero-order valence-corrected chi connectivity index (χ0v) is 8.31. The number of allylic oxidation sites excluding steroid dienone is 1. The van der Waals surface area contributed by atoms with E-state index < -0.39 is 5.97 Å². The fraction of sp³-hybridized carbons (Fsp3) is 0.667. The topological polar surface area (TPSA) is 26.3 Å². The summed E-state index contributed by atoms with van der Waals surface area (Å²) in [6.45, 7) is 4.30. The molecule has 3 heteroatoms. The Labute approximate surface area is 77.5 Å². The van der Waals surface area contributed by atoms with Crippen LogP contribution in [0.3, 0.4) is 0 Å². The molecule has 0 aromatic carbocycles. The van der Waals surface area contributed by atoms with Crippen molar-refractivity contribution in [2.24, 2.45) is 11.3 Å². The fourth-order valence-corrected chi connectivity index (χ4v) is 1.36. The second kappa shape index (κ2) is 3.09. The van der Waals surface area contributed by atoms with Crippen molar-refractivity contribution in [1.29, 1.82) is 0 Å². The molecule has 12 heavy (non-hydrogen) atoms. The van der Waals surface area contributed by atoms with E-state index in [1.165, 1.54) is 7.11 Å². The number of carbonyl (C=O) groups excluding carboxylic acids is 1. The van der Waals surface area contributed by atoms with Crippen molar-refractivity contribution in [3.8, 4) is 0 Å². The Morgan fingerprint density at radius 2 is 2.17 bits per heavy atom. The maximum Gasteiger partial charge on any atom is 0.349 e. The van der Waals surface area contributed by atoms with Gasteiger partial charge in [-0.25, -0.2) is 4.79 Å². The van der Waals surface area contributed by atoms with Crippen LogP contribution in [0.4, 0.5) is 0 Å². The van der Waals surface area contributed by atoms with Crippen molar-refractivity contribution in [3.05, 3.63) is 11.1 Å². The average molecular weight is 189 g/mol. The molecule has 0 aliphatic heterocycles. The van der Waals surface area contributed by atoms with Crippen molar-refractivity contribution in [2.45, 2.75) is 20.3 Å². The first-order chi connectivity index (χ1) is 5.47. The summed E-state index contributed by atoms with van der Waals surface area (Å²) >= 11 is 5.68. The number of esters is 1. The van der Waals surface area contributed by atoms with E-state index in [0.717, 1.165) is 6.42 Å². The molecular formula is C9H13ClO2. The smallest absolute Gasteiger partial charge is 0.349 e. The summed E-state index contributed by atoms with van der Waals surface area (Å²) in [7, 11) is 1.33. The van der Waals surface area contributed by atoms with Crippen LogP contribution in [-0.4, -0.2) is 13.1 Å². The van der Waals surface area contributed by atoms with Gasteiger partial charge in [0, 0.05) is 0 Å². The normalized spacial score (nSPS) is 26.7. The summed E-state index contributed by atoms with van der Waals surface area (Å²) in [6.07, 6.45) is 2.88. The van der Waals surface area contributed by atoms with Gasteiger partial charge in [0.15, 0.2) is 0 Å². The van der Waals surface area contributed by atoms with Gasteiger partial charge in [-0.05, 0) is 17.8 Å². The molecule has 1 saturated carbocycles. The van der Waals surface area contributed by atoms with Gasteiger partial charge < -0.3 is 4.74 Å². The van der Waals surface area contributed by atoms with Crippen molar-refractivity contribution < 1.29 is 9.53 Å². The number of carbonyl (C=O) groups is 1. The molecule has 0 saturated heterocycles. The number of rotatable bonds is 2. The summed E-state index contributed by atoms with van der Waals surface area (Å²) in [5.74, 6) is -0.0107. The summed E-state index contributed by atoms with van der Waals surface area (Å²) in [5, 5.41) is 0.202. The molecule has 0 N–H and O–H groups in total. The monoisotopic (exact) mass is 188 g/mol. The van der Waals surface area contributed by atoms with Gasteiger partial charge in [-0.3, -0.25) is 0 Å². The molecule has 1 aliphatic rings. The maximum atomic E-state index is 10.9. The van der Waals surface area contributed by atoms with Crippen LogP contribution in [0.15, 0.2) is 11.1 Å². The van der Waals surface area contributed by atoms with Crippen LogP contribution < -0.4 is 0 Å². The standard InChI is InChI=1S/C9H13ClO2/c1-9(2)5-6(9)4-7(10)8(11)12-3/h4,6H,5H2,1-3H3/b7-4-. The molecule has 2 nitrogen and oxygen atoms in total. The largest absolute Gasteiger partial charge is 0.465 e. The lowest BCUT2D eigenvalue weighted by Crippen LogP contribution is -2.00. The van der Waals surface area contributed by atoms with Gasteiger partial charge in [0.25, 0.3) is 0 Å². The quantitative estimate of drug-likeness (QED) is 0.491. The van der Waals surface area contributed by atoms with Gasteiger partial charge in [0.1, 0.15) is 5.03 Å². The van der Waals surface area contributed by atoms with Gasteiger partial charge in [0.05, 0.1) is 7.11 Å². The van der Waals surface area contributed by atoms with Crippen molar-refractivity contribution in [3.63, 3.8) is 0 Å². The minimum Gasteiger partial charge on any atom is -0.465 e.